The van der Waals surface area contributed by atoms with Crippen LogP contribution in [0.25, 0.3) is 0 Å². The van der Waals surface area contributed by atoms with Gasteiger partial charge in [0.2, 0.25) is 5.91 Å². The number of carbonyl (C=O) groups excluding carboxylic acids is 1. The summed E-state index contributed by atoms with van der Waals surface area (Å²) in [6, 6.07) is 6.15. The molecule has 0 aliphatic carbocycles. The van der Waals surface area contributed by atoms with Crippen molar-refractivity contribution in [2.24, 2.45) is 0 Å². The predicted octanol–water partition coefficient (Wildman–Crippen LogP) is 1.16. The molecule has 19 heavy (non-hydrogen) atoms. The van der Waals surface area contributed by atoms with Gasteiger partial charge in [0.15, 0.2) is 0 Å². The van der Waals surface area contributed by atoms with E-state index < -0.39 is 4.92 Å². The van der Waals surface area contributed by atoms with E-state index in [1.165, 1.54) is 12.1 Å². The highest BCUT2D eigenvalue weighted by molar-refractivity contribution is 5.78. The van der Waals surface area contributed by atoms with E-state index in [1.807, 2.05) is 0 Å². The van der Waals surface area contributed by atoms with Gasteiger partial charge in [-0.05, 0) is 18.6 Å². The van der Waals surface area contributed by atoms with Crippen molar-refractivity contribution in [1.29, 1.82) is 5.26 Å². The average molecular weight is 260 g/mol. The molecule has 0 saturated carbocycles. The van der Waals surface area contributed by atoms with Crippen LogP contribution < -0.4 is 10.6 Å². The molecule has 1 aliphatic rings. The summed E-state index contributed by atoms with van der Waals surface area (Å²) in [5.41, 5.74) is 0.441. The Labute approximate surface area is 109 Å². The molecule has 1 unspecified atom stereocenters. The monoisotopic (exact) mass is 260 g/mol. The molecular weight excluding hydrogens is 248 g/mol. The number of rotatable bonds is 4. The minimum Gasteiger partial charge on any atom is -0.383 e. The number of hydrogen-bond acceptors (Lipinski definition) is 5. The molecule has 1 aromatic rings. The van der Waals surface area contributed by atoms with Crippen LogP contribution in [0, 0.1) is 21.4 Å². The van der Waals surface area contributed by atoms with Crippen molar-refractivity contribution < 1.29 is 9.72 Å². The Morgan fingerprint density at radius 3 is 2.95 bits per heavy atom. The minimum absolute atomic E-state index is 0.0189. The summed E-state index contributed by atoms with van der Waals surface area (Å²) >= 11 is 0. The predicted molar refractivity (Wildman–Crippen MR) is 67.5 cm³/mol. The standard InChI is InChI=1S/C12H12N4O3/c13-6-8-5-9(1-3-11(8)16(18)19)14-7-10-2-4-12(17)15-10/h1,3,5,10,14H,2,4,7H2,(H,15,17). The van der Waals surface area contributed by atoms with Crippen LogP contribution in [0.5, 0.6) is 0 Å². The van der Waals surface area contributed by atoms with Crippen LogP contribution in [0.2, 0.25) is 0 Å². The van der Waals surface area contributed by atoms with Crippen molar-refractivity contribution in [2.75, 3.05) is 11.9 Å². The van der Waals surface area contributed by atoms with E-state index in [9.17, 15) is 14.9 Å². The number of carbonyl (C=O) groups is 1. The minimum atomic E-state index is -0.584. The Bertz CT molecular complexity index is 565. The van der Waals surface area contributed by atoms with Gasteiger partial charge in [0.1, 0.15) is 11.6 Å². The van der Waals surface area contributed by atoms with Gasteiger partial charge in [-0.25, -0.2) is 0 Å². The summed E-state index contributed by atoms with van der Waals surface area (Å²) in [5, 5.41) is 25.4. The van der Waals surface area contributed by atoms with Gasteiger partial charge in [-0.1, -0.05) is 0 Å². The molecule has 1 heterocycles. The Kier molecular flexibility index (Phi) is 3.61. The van der Waals surface area contributed by atoms with Crippen LogP contribution in [0.15, 0.2) is 18.2 Å². The van der Waals surface area contributed by atoms with Crippen LogP contribution in [0.4, 0.5) is 11.4 Å². The Balaban J connectivity index is 2.03. The fraction of sp³-hybridized carbons (Fsp3) is 0.333. The Morgan fingerprint density at radius 2 is 2.37 bits per heavy atom. The zero-order chi connectivity index (χ0) is 13.8. The Morgan fingerprint density at radius 1 is 1.58 bits per heavy atom. The van der Waals surface area contributed by atoms with Crippen molar-refractivity contribution in [3.05, 3.63) is 33.9 Å². The van der Waals surface area contributed by atoms with Gasteiger partial charge in [0.25, 0.3) is 5.69 Å². The molecule has 0 aromatic heterocycles. The van der Waals surface area contributed by atoms with Gasteiger partial charge < -0.3 is 10.6 Å². The number of amides is 1. The molecule has 2 N–H and O–H groups in total. The number of nitro groups is 1. The number of nitro benzene ring substituents is 1. The Hall–Kier alpha value is -2.62. The quantitative estimate of drug-likeness (QED) is 0.623. The molecule has 1 saturated heterocycles. The molecule has 98 valence electrons. The van der Waals surface area contributed by atoms with Gasteiger partial charge in [-0.3, -0.25) is 14.9 Å². The van der Waals surface area contributed by atoms with Crippen LogP contribution in [-0.2, 0) is 4.79 Å². The number of nitriles is 1. The molecular formula is C12H12N4O3. The fourth-order valence-electron chi connectivity index (χ4n) is 1.97. The van der Waals surface area contributed by atoms with E-state index in [0.717, 1.165) is 6.42 Å². The van der Waals surface area contributed by atoms with Crippen LogP contribution in [0.1, 0.15) is 18.4 Å². The molecule has 2 rings (SSSR count). The topological polar surface area (TPSA) is 108 Å². The molecule has 1 aromatic carbocycles. The van der Waals surface area contributed by atoms with E-state index in [-0.39, 0.29) is 23.2 Å². The van der Waals surface area contributed by atoms with Gasteiger partial charge >= 0.3 is 0 Å². The molecule has 0 bridgehead atoms. The number of hydrogen-bond donors (Lipinski definition) is 2. The number of nitrogens with zero attached hydrogens (tertiary/aromatic N) is 2. The third-order valence-electron chi connectivity index (χ3n) is 2.95. The summed E-state index contributed by atoms with van der Waals surface area (Å²) in [6.45, 7) is 0.536. The normalized spacial score (nSPS) is 17.6. The highest BCUT2D eigenvalue weighted by Crippen LogP contribution is 2.22. The average Bonchev–Trinajstić information content (AvgIpc) is 2.81. The fourth-order valence-corrected chi connectivity index (χ4v) is 1.97. The van der Waals surface area contributed by atoms with Crippen molar-refractivity contribution in [3.63, 3.8) is 0 Å². The molecule has 1 fully saturated rings. The summed E-state index contributed by atoms with van der Waals surface area (Å²) in [6.07, 6.45) is 1.29. The van der Waals surface area contributed by atoms with Crippen molar-refractivity contribution in [1.82, 2.24) is 5.32 Å². The third-order valence-corrected chi connectivity index (χ3v) is 2.95. The zero-order valence-electron chi connectivity index (χ0n) is 10.0. The maximum absolute atomic E-state index is 11.0. The number of anilines is 1. The van der Waals surface area contributed by atoms with Crippen LogP contribution in [0.3, 0.4) is 0 Å². The smallest absolute Gasteiger partial charge is 0.287 e. The summed E-state index contributed by atoms with van der Waals surface area (Å²) < 4.78 is 0. The molecule has 0 spiro atoms. The van der Waals surface area contributed by atoms with Gasteiger partial charge in [-0.2, -0.15) is 5.26 Å². The van der Waals surface area contributed by atoms with Crippen molar-refractivity contribution >= 4 is 17.3 Å². The number of benzene rings is 1. The van der Waals surface area contributed by atoms with E-state index in [2.05, 4.69) is 10.6 Å². The van der Waals surface area contributed by atoms with Crippen molar-refractivity contribution in [2.45, 2.75) is 18.9 Å². The molecule has 1 atom stereocenters. The maximum Gasteiger partial charge on any atom is 0.287 e. The van der Waals surface area contributed by atoms with E-state index in [4.69, 9.17) is 5.26 Å². The second-order valence-electron chi connectivity index (χ2n) is 4.28. The highest BCUT2D eigenvalue weighted by Gasteiger charge is 2.20. The largest absolute Gasteiger partial charge is 0.383 e. The molecule has 7 nitrogen and oxygen atoms in total. The second-order valence-corrected chi connectivity index (χ2v) is 4.28. The second kappa shape index (κ2) is 5.35. The van der Waals surface area contributed by atoms with Gasteiger partial charge in [0, 0.05) is 30.8 Å². The van der Waals surface area contributed by atoms with Crippen LogP contribution in [-0.4, -0.2) is 23.4 Å². The van der Waals surface area contributed by atoms with E-state index >= 15 is 0 Å². The third kappa shape index (κ3) is 2.98. The van der Waals surface area contributed by atoms with E-state index in [0.29, 0.717) is 18.7 Å². The summed E-state index contributed by atoms with van der Waals surface area (Å²) in [7, 11) is 0. The SMILES string of the molecule is N#Cc1cc(NCC2CCC(=O)N2)ccc1[N+](=O)[O-]. The van der Waals surface area contributed by atoms with E-state index in [1.54, 1.807) is 12.1 Å². The summed E-state index contributed by atoms with van der Waals surface area (Å²) in [4.78, 5) is 21.1. The first-order valence-electron chi connectivity index (χ1n) is 5.82. The lowest BCUT2D eigenvalue weighted by Gasteiger charge is -2.12. The molecule has 0 radical (unpaired) electrons. The first kappa shape index (κ1) is 12.8. The number of nitrogens with one attached hydrogen (secondary N) is 2. The van der Waals surface area contributed by atoms with Crippen molar-refractivity contribution in [3.8, 4) is 6.07 Å². The van der Waals surface area contributed by atoms with Crippen LogP contribution >= 0.6 is 0 Å². The molecule has 1 aliphatic heterocycles. The zero-order valence-corrected chi connectivity index (χ0v) is 10.0. The lowest BCUT2D eigenvalue weighted by Crippen LogP contribution is -2.31. The maximum atomic E-state index is 11.0. The highest BCUT2D eigenvalue weighted by atomic mass is 16.6. The first-order valence-corrected chi connectivity index (χ1v) is 5.82. The molecule has 7 heteroatoms. The lowest BCUT2D eigenvalue weighted by atomic mass is 10.1. The molecule has 1 amide bonds. The van der Waals surface area contributed by atoms with Gasteiger partial charge in [-0.15, -0.1) is 0 Å². The summed E-state index contributed by atoms with van der Waals surface area (Å²) in [5.74, 6) is 0.0354. The lowest BCUT2D eigenvalue weighted by molar-refractivity contribution is -0.385. The van der Waals surface area contributed by atoms with Gasteiger partial charge in [0.05, 0.1) is 4.92 Å². The first-order chi connectivity index (χ1) is 9.10.